The Morgan fingerprint density at radius 1 is 0.944 bits per heavy atom. The second kappa shape index (κ2) is 10.00. The van der Waals surface area contributed by atoms with Crippen LogP contribution in [0.1, 0.15) is 37.5 Å². The fourth-order valence-electron chi connectivity index (χ4n) is 3.75. The SMILES string of the molecule is Cc1ccc(NC(=O)COc2c(-c3ccc(C(C)(C)C)cc3)oc3cc(C)c(Cl)cc3c2=O)cc1Cl. The quantitative estimate of drug-likeness (QED) is 0.291. The van der Waals surface area contributed by atoms with Crippen molar-refractivity contribution in [3.8, 4) is 17.1 Å². The van der Waals surface area contributed by atoms with E-state index in [9.17, 15) is 9.59 Å². The normalized spacial score (nSPS) is 11.5. The van der Waals surface area contributed by atoms with Gasteiger partial charge in [0.1, 0.15) is 5.58 Å². The number of benzene rings is 3. The molecule has 0 unspecified atom stereocenters. The van der Waals surface area contributed by atoms with Gasteiger partial charge in [0.25, 0.3) is 5.91 Å². The third-order valence-corrected chi connectivity index (χ3v) is 6.76. The summed E-state index contributed by atoms with van der Waals surface area (Å²) in [5.41, 5.74) is 3.97. The van der Waals surface area contributed by atoms with Gasteiger partial charge in [-0.25, -0.2) is 0 Å². The summed E-state index contributed by atoms with van der Waals surface area (Å²) in [5.74, 6) is -0.241. The summed E-state index contributed by atoms with van der Waals surface area (Å²) in [6.45, 7) is 9.69. The van der Waals surface area contributed by atoms with Crippen LogP contribution in [-0.2, 0) is 10.2 Å². The minimum atomic E-state index is -0.439. The van der Waals surface area contributed by atoms with E-state index in [-0.39, 0.29) is 22.3 Å². The molecule has 3 aromatic carbocycles. The van der Waals surface area contributed by atoms with Gasteiger partial charge in [-0.3, -0.25) is 9.59 Å². The van der Waals surface area contributed by atoms with Crippen molar-refractivity contribution in [2.75, 3.05) is 11.9 Å². The van der Waals surface area contributed by atoms with Crippen molar-refractivity contribution in [2.24, 2.45) is 0 Å². The number of fused-ring (bicyclic) bond motifs is 1. The number of ether oxygens (including phenoxy) is 1. The van der Waals surface area contributed by atoms with Gasteiger partial charge in [0.05, 0.1) is 5.39 Å². The number of aryl methyl sites for hydroxylation is 2. The van der Waals surface area contributed by atoms with Crippen LogP contribution in [0, 0.1) is 13.8 Å². The van der Waals surface area contributed by atoms with E-state index in [0.29, 0.717) is 26.9 Å². The maximum atomic E-state index is 13.5. The minimum absolute atomic E-state index is 0.0348. The van der Waals surface area contributed by atoms with Gasteiger partial charge in [0, 0.05) is 21.3 Å². The van der Waals surface area contributed by atoms with Gasteiger partial charge in [-0.2, -0.15) is 0 Å². The number of hydrogen-bond donors (Lipinski definition) is 1. The highest BCUT2D eigenvalue weighted by Gasteiger charge is 2.21. The van der Waals surface area contributed by atoms with Gasteiger partial charge in [0.2, 0.25) is 11.2 Å². The van der Waals surface area contributed by atoms with Crippen LogP contribution in [0.2, 0.25) is 10.0 Å². The molecule has 0 saturated heterocycles. The summed E-state index contributed by atoms with van der Waals surface area (Å²) in [4.78, 5) is 26.1. The lowest BCUT2D eigenvalue weighted by Crippen LogP contribution is -2.22. The van der Waals surface area contributed by atoms with Crippen molar-refractivity contribution < 1.29 is 13.9 Å². The van der Waals surface area contributed by atoms with Crippen molar-refractivity contribution in [1.82, 2.24) is 0 Å². The molecule has 4 aromatic rings. The number of nitrogens with one attached hydrogen (secondary N) is 1. The van der Waals surface area contributed by atoms with Crippen LogP contribution >= 0.6 is 23.2 Å². The number of hydrogen-bond acceptors (Lipinski definition) is 4. The van der Waals surface area contributed by atoms with Gasteiger partial charge >= 0.3 is 0 Å². The lowest BCUT2D eigenvalue weighted by molar-refractivity contribution is -0.118. The second-order valence-corrected chi connectivity index (χ2v) is 10.6. The number of carbonyl (C=O) groups excluding carboxylic acids is 1. The fourth-order valence-corrected chi connectivity index (χ4v) is 4.09. The molecule has 5 nitrogen and oxygen atoms in total. The first-order valence-corrected chi connectivity index (χ1v) is 12.3. The first-order valence-electron chi connectivity index (χ1n) is 11.5. The first kappa shape index (κ1) is 25.8. The van der Waals surface area contributed by atoms with E-state index < -0.39 is 17.9 Å². The summed E-state index contributed by atoms with van der Waals surface area (Å²) in [7, 11) is 0. The third kappa shape index (κ3) is 5.43. The van der Waals surface area contributed by atoms with Crippen molar-refractivity contribution >= 4 is 45.8 Å². The molecular formula is C29H27Cl2NO4. The molecule has 0 aliphatic rings. The number of rotatable bonds is 5. The largest absolute Gasteiger partial charge is 0.476 e. The molecule has 0 saturated carbocycles. The summed E-state index contributed by atoms with van der Waals surface area (Å²) in [6.07, 6.45) is 0. The smallest absolute Gasteiger partial charge is 0.262 e. The summed E-state index contributed by atoms with van der Waals surface area (Å²) >= 11 is 12.4. The molecule has 1 N–H and O–H groups in total. The highest BCUT2D eigenvalue weighted by molar-refractivity contribution is 6.32. The van der Waals surface area contributed by atoms with Gasteiger partial charge in [-0.05, 0) is 60.2 Å². The van der Waals surface area contributed by atoms with Crippen LogP contribution in [0.25, 0.3) is 22.3 Å². The predicted octanol–water partition coefficient (Wildman–Crippen LogP) is 7.70. The Bertz CT molecular complexity index is 1520. The van der Waals surface area contributed by atoms with Crippen LogP contribution in [0.5, 0.6) is 5.75 Å². The van der Waals surface area contributed by atoms with Gasteiger partial charge < -0.3 is 14.5 Å². The predicted molar refractivity (Wildman–Crippen MR) is 147 cm³/mol. The van der Waals surface area contributed by atoms with E-state index in [1.54, 1.807) is 24.3 Å². The highest BCUT2D eigenvalue weighted by atomic mass is 35.5. The van der Waals surface area contributed by atoms with Crippen LogP contribution in [0.15, 0.2) is 63.8 Å². The first-order chi connectivity index (χ1) is 16.9. The molecule has 1 heterocycles. The van der Waals surface area contributed by atoms with Gasteiger partial charge in [-0.1, -0.05) is 74.3 Å². The van der Waals surface area contributed by atoms with Crippen molar-refractivity contribution in [3.63, 3.8) is 0 Å². The second-order valence-electron chi connectivity index (χ2n) is 9.82. The maximum absolute atomic E-state index is 13.5. The molecule has 0 radical (unpaired) electrons. The number of halogens is 2. The molecule has 0 bridgehead atoms. The lowest BCUT2D eigenvalue weighted by atomic mass is 9.86. The Kier molecular flexibility index (Phi) is 7.17. The molecule has 0 fully saturated rings. The molecule has 7 heteroatoms. The Balaban J connectivity index is 1.72. The zero-order valence-electron chi connectivity index (χ0n) is 20.8. The Morgan fingerprint density at radius 2 is 1.61 bits per heavy atom. The minimum Gasteiger partial charge on any atom is -0.476 e. The number of carbonyl (C=O) groups is 1. The van der Waals surface area contributed by atoms with Crippen molar-refractivity contribution in [2.45, 2.75) is 40.0 Å². The molecule has 186 valence electrons. The van der Waals surface area contributed by atoms with E-state index in [1.807, 2.05) is 44.2 Å². The molecule has 0 aliphatic heterocycles. The third-order valence-electron chi connectivity index (χ3n) is 5.95. The summed E-state index contributed by atoms with van der Waals surface area (Å²) in [5, 5.41) is 3.99. The lowest BCUT2D eigenvalue weighted by Gasteiger charge is -2.19. The van der Waals surface area contributed by atoms with Gasteiger partial charge in [0.15, 0.2) is 12.4 Å². The average molecular weight is 524 g/mol. The van der Waals surface area contributed by atoms with Gasteiger partial charge in [-0.15, -0.1) is 0 Å². The number of amides is 1. The molecule has 4 rings (SSSR count). The van der Waals surface area contributed by atoms with Crippen LogP contribution in [-0.4, -0.2) is 12.5 Å². The van der Waals surface area contributed by atoms with E-state index in [2.05, 4.69) is 26.1 Å². The molecule has 1 aromatic heterocycles. The van der Waals surface area contributed by atoms with Crippen LogP contribution in [0.3, 0.4) is 0 Å². The van der Waals surface area contributed by atoms with E-state index >= 15 is 0 Å². The van der Waals surface area contributed by atoms with E-state index in [1.165, 1.54) is 0 Å². The fraction of sp³-hybridized carbons (Fsp3) is 0.241. The van der Waals surface area contributed by atoms with E-state index in [0.717, 1.165) is 16.7 Å². The zero-order valence-corrected chi connectivity index (χ0v) is 22.3. The highest BCUT2D eigenvalue weighted by Crippen LogP contribution is 2.34. The average Bonchev–Trinajstić information content (AvgIpc) is 2.81. The Morgan fingerprint density at radius 3 is 2.25 bits per heavy atom. The van der Waals surface area contributed by atoms with Crippen molar-refractivity contribution in [1.29, 1.82) is 0 Å². The molecular weight excluding hydrogens is 497 g/mol. The molecule has 0 aliphatic carbocycles. The van der Waals surface area contributed by atoms with Crippen LogP contribution in [0.4, 0.5) is 5.69 Å². The molecule has 1 amide bonds. The molecule has 0 atom stereocenters. The molecule has 36 heavy (non-hydrogen) atoms. The van der Waals surface area contributed by atoms with Crippen molar-refractivity contribution in [3.05, 3.63) is 91.6 Å². The molecule has 0 spiro atoms. The summed E-state index contributed by atoms with van der Waals surface area (Å²) in [6, 6.07) is 16.2. The maximum Gasteiger partial charge on any atom is 0.262 e. The topological polar surface area (TPSA) is 68.5 Å². The standard InChI is InChI=1S/C29H27Cl2NO4/c1-16-6-11-20(13-22(16)30)32-25(33)15-35-28-26(34)21-14-23(31)17(2)12-24(21)36-27(28)18-7-9-19(10-8-18)29(3,4)5/h6-14H,15H2,1-5H3,(H,32,33). The monoisotopic (exact) mass is 523 g/mol. The Labute approximate surface area is 220 Å². The van der Waals surface area contributed by atoms with Crippen LogP contribution < -0.4 is 15.5 Å². The summed E-state index contributed by atoms with van der Waals surface area (Å²) < 4.78 is 12.0. The zero-order chi connectivity index (χ0) is 26.2. The number of anilines is 1. The van der Waals surface area contributed by atoms with E-state index in [4.69, 9.17) is 32.4 Å². The Hall–Kier alpha value is -3.28.